The van der Waals surface area contributed by atoms with Crippen molar-refractivity contribution in [3.05, 3.63) is 53.1 Å². The standard InChI is InChI=1S/C13H16ClN3/c1-2-17-8-7-16-13(17)10-15-9-11-5-3-4-6-12(11)14/h3-8,15H,2,9-10H2,1H3. The highest BCUT2D eigenvalue weighted by Crippen LogP contribution is 2.14. The number of nitrogens with one attached hydrogen (secondary N) is 1. The Morgan fingerprint density at radius 3 is 2.88 bits per heavy atom. The van der Waals surface area contributed by atoms with Gasteiger partial charge < -0.3 is 9.88 Å². The molecule has 0 saturated carbocycles. The Morgan fingerprint density at radius 2 is 2.12 bits per heavy atom. The van der Waals surface area contributed by atoms with Crippen molar-refractivity contribution in [2.45, 2.75) is 26.6 Å². The summed E-state index contributed by atoms with van der Waals surface area (Å²) in [6.07, 6.45) is 3.82. The predicted octanol–water partition coefficient (Wildman–Crippen LogP) is 2.85. The van der Waals surface area contributed by atoms with Crippen molar-refractivity contribution in [2.75, 3.05) is 0 Å². The number of aryl methyl sites for hydroxylation is 1. The second-order valence-electron chi connectivity index (χ2n) is 3.82. The van der Waals surface area contributed by atoms with Crippen molar-refractivity contribution in [1.82, 2.24) is 14.9 Å². The summed E-state index contributed by atoms with van der Waals surface area (Å²) >= 11 is 6.08. The van der Waals surface area contributed by atoms with Gasteiger partial charge in [0.05, 0.1) is 6.54 Å². The second kappa shape index (κ2) is 5.84. The summed E-state index contributed by atoms with van der Waals surface area (Å²) in [6.45, 7) is 4.57. The maximum Gasteiger partial charge on any atom is 0.122 e. The van der Waals surface area contributed by atoms with Gasteiger partial charge in [-0.1, -0.05) is 29.8 Å². The average molecular weight is 250 g/mol. The molecule has 2 aromatic rings. The first-order valence-corrected chi connectivity index (χ1v) is 6.13. The highest BCUT2D eigenvalue weighted by molar-refractivity contribution is 6.31. The van der Waals surface area contributed by atoms with E-state index in [1.807, 2.05) is 36.7 Å². The van der Waals surface area contributed by atoms with Gasteiger partial charge in [-0.3, -0.25) is 0 Å². The first-order chi connectivity index (χ1) is 8.31. The van der Waals surface area contributed by atoms with E-state index in [0.29, 0.717) is 0 Å². The molecule has 1 heterocycles. The number of nitrogens with zero attached hydrogens (tertiary/aromatic N) is 2. The fourth-order valence-corrected chi connectivity index (χ4v) is 1.95. The molecule has 0 aliphatic heterocycles. The van der Waals surface area contributed by atoms with Crippen molar-refractivity contribution in [3.8, 4) is 0 Å². The monoisotopic (exact) mass is 249 g/mol. The molecule has 2 rings (SSSR count). The van der Waals surface area contributed by atoms with Crippen LogP contribution in [0.15, 0.2) is 36.7 Å². The molecule has 0 amide bonds. The van der Waals surface area contributed by atoms with E-state index < -0.39 is 0 Å². The predicted molar refractivity (Wildman–Crippen MR) is 69.9 cm³/mol. The van der Waals surface area contributed by atoms with Gasteiger partial charge in [-0.15, -0.1) is 0 Å². The third-order valence-corrected chi connectivity index (χ3v) is 3.07. The van der Waals surface area contributed by atoms with Crippen molar-refractivity contribution in [2.24, 2.45) is 0 Å². The number of aromatic nitrogens is 2. The molecule has 0 saturated heterocycles. The molecule has 90 valence electrons. The zero-order valence-electron chi connectivity index (χ0n) is 9.86. The van der Waals surface area contributed by atoms with Gasteiger partial charge in [-0.2, -0.15) is 0 Å². The Hall–Kier alpha value is -1.32. The Bertz CT molecular complexity index is 479. The lowest BCUT2D eigenvalue weighted by Crippen LogP contribution is -2.16. The van der Waals surface area contributed by atoms with Crippen molar-refractivity contribution < 1.29 is 0 Å². The summed E-state index contributed by atoms with van der Waals surface area (Å²) in [5, 5.41) is 4.16. The summed E-state index contributed by atoms with van der Waals surface area (Å²) in [4.78, 5) is 4.31. The molecule has 0 unspecified atom stereocenters. The zero-order valence-corrected chi connectivity index (χ0v) is 10.6. The number of rotatable bonds is 5. The Balaban J connectivity index is 1.90. The van der Waals surface area contributed by atoms with Crippen LogP contribution in [-0.4, -0.2) is 9.55 Å². The second-order valence-corrected chi connectivity index (χ2v) is 4.23. The van der Waals surface area contributed by atoms with Gasteiger partial charge in [0, 0.05) is 30.5 Å². The first kappa shape index (κ1) is 12.1. The molecule has 17 heavy (non-hydrogen) atoms. The zero-order chi connectivity index (χ0) is 12.1. The van der Waals surface area contributed by atoms with Crippen LogP contribution in [0.4, 0.5) is 0 Å². The Morgan fingerprint density at radius 1 is 1.29 bits per heavy atom. The summed E-state index contributed by atoms with van der Waals surface area (Å²) in [7, 11) is 0. The molecular formula is C13H16ClN3. The van der Waals surface area contributed by atoms with E-state index in [2.05, 4.69) is 21.8 Å². The van der Waals surface area contributed by atoms with Gasteiger partial charge in [-0.05, 0) is 18.6 Å². The Kier molecular flexibility index (Phi) is 4.18. The minimum absolute atomic E-state index is 0.756. The Labute approximate surface area is 106 Å². The quantitative estimate of drug-likeness (QED) is 0.883. The lowest BCUT2D eigenvalue weighted by molar-refractivity contribution is 0.613. The largest absolute Gasteiger partial charge is 0.334 e. The van der Waals surface area contributed by atoms with E-state index in [1.165, 1.54) is 0 Å². The van der Waals surface area contributed by atoms with E-state index in [0.717, 1.165) is 36.0 Å². The first-order valence-electron chi connectivity index (χ1n) is 5.75. The molecule has 0 fully saturated rings. The summed E-state index contributed by atoms with van der Waals surface area (Å²) in [5.74, 6) is 1.06. The van der Waals surface area contributed by atoms with Gasteiger partial charge in [0.2, 0.25) is 0 Å². The van der Waals surface area contributed by atoms with Crippen LogP contribution in [0.2, 0.25) is 5.02 Å². The van der Waals surface area contributed by atoms with Crippen LogP contribution in [0.5, 0.6) is 0 Å². The summed E-state index contributed by atoms with van der Waals surface area (Å²) in [5.41, 5.74) is 1.11. The van der Waals surface area contributed by atoms with Crippen LogP contribution in [0.3, 0.4) is 0 Å². The van der Waals surface area contributed by atoms with Crippen molar-refractivity contribution in [1.29, 1.82) is 0 Å². The lowest BCUT2D eigenvalue weighted by Gasteiger charge is -2.07. The molecule has 0 radical (unpaired) electrons. The van der Waals surface area contributed by atoms with E-state index in [4.69, 9.17) is 11.6 Å². The fraction of sp³-hybridized carbons (Fsp3) is 0.308. The number of hydrogen-bond acceptors (Lipinski definition) is 2. The molecule has 0 bridgehead atoms. The number of hydrogen-bond donors (Lipinski definition) is 1. The van der Waals surface area contributed by atoms with Crippen molar-refractivity contribution in [3.63, 3.8) is 0 Å². The van der Waals surface area contributed by atoms with Crippen LogP contribution in [-0.2, 0) is 19.6 Å². The van der Waals surface area contributed by atoms with Crippen LogP contribution in [0.25, 0.3) is 0 Å². The topological polar surface area (TPSA) is 29.9 Å². The molecule has 4 heteroatoms. The third kappa shape index (κ3) is 3.08. The van der Waals surface area contributed by atoms with E-state index in [9.17, 15) is 0 Å². The summed E-state index contributed by atoms with van der Waals surface area (Å²) < 4.78 is 2.12. The van der Waals surface area contributed by atoms with Gasteiger partial charge in [0.1, 0.15) is 5.82 Å². The highest BCUT2D eigenvalue weighted by atomic mass is 35.5. The molecule has 3 nitrogen and oxygen atoms in total. The normalized spacial score (nSPS) is 10.7. The van der Waals surface area contributed by atoms with Crippen LogP contribution >= 0.6 is 11.6 Å². The maximum atomic E-state index is 6.08. The minimum atomic E-state index is 0.756. The molecular weight excluding hydrogens is 234 g/mol. The molecule has 0 spiro atoms. The van der Waals surface area contributed by atoms with Gasteiger partial charge in [-0.25, -0.2) is 4.98 Å². The van der Waals surface area contributed by atoms with E-state index in [1.54, 1.807) is 0 Å². The molecule has 0 aliphatic rings. The molecule has 0 atom stereocenters. The van der Waals surface area contributed by atoms with Crippen LogP contribution < -0.4 is 5.32 Å². The van der Waals surface area contributed by atoms with E-state index >= 15 is 0 Å². The van der Waals surface area contributed by atoms with Gasteiger partial charge in [0.25, 0.3) is 0 Å². The van der Waals surface area contributed by atoms with Gasteiger partial charge >= 0.3 is 0 Å². The fourth-order valence-electron chi connectivity index (χ4n) is 1.75. The van der Waals surface area contributed by atoms with Crippen molar-refractivity contribution >= 4 is 11.6 Å². The van der Waals surface area contributed by atoms with Crippen LogP contribution in [0, 0.1) is 0 Å². The molecule has 1 N–H and O–H groups in total. The van der Waals surface area contributed by atoms with Gasteiger partial charge in [0.15, 0.2) is 0 Å². The smallest absolute Gasteiger partial charge is 0.122 e. The number of halogens is 1. The number of benzene rings is 1. The molecule has 1 aromatic heterocycles. The molecule has 1 aromatic carbocycles. The molecule has 0 aliphatic carbocycles. The number of imidazole rings is 1. The van der Waals surface area contributed by atoms with E-state index in [-0.39, 0.29) is 0 Å². The summed E-state index contributed by atoms with van der Waals surface area (Å²) in [6, 6.07) is 7.87. The lowest BCUT2D eigenvalue weighted by atomic mass is 10.2. The third-order valence-electron chi connectivity index (χ3n) is 2.70. The average Bonchev–Trinajstić information content (AvgIpc) is 2.79. The SMILES string of the molecule is CCn1ccnc1CNCc1ccccc1Cl. The minimum Gasteiger partial charge on any atom is -0.334 e. The van der Waals surface area contributed by atoms with Crippen LogP contribution in [0.1, 0.15) is 18.3 Å². The highest BCUT2D eigenvalue weighted by Gasteiger charge is 2.02. The maximum absolute atomic E-state index is 6.08.